The van der Waals surface area contributed by atoms with Gasteiger partial charge in [-0.25, -0.2) is 14.4 Å². The summed E-state index contributed by atoms with van der Waals surface area (Å²) >= 11 is 0. The van der Waals surface area contributed by atoms with Crippen LogP contribution in [-0.2, 0) is 6.54 Å². The first kappa shape index (κ1) is 18.0. The van der Waals surface area contributed by atoms with Crippen LogP contribution in [0.25, 0.3) is 0 Å². The highest BCUT2D eigenvalue weighted by Crippen LogP contribution is 2.19. The van der Waals surface area contributed by atoms with Crippen molar-refractivity contribution in [1.82, 2.24) is 15.3 Å². The van der Waals surface area contributed by atoms with Crippen LogP contribution in [0.5, 0.6) is 0 Å². The van der Waals surface area contributed by atoms with E-state index in [0.717, 1.165) is 13.0 Å². The summed E-state index contributed by atoms with van der Waals surface area (Å²) in [5.41, 5.74) is 2.17. The van der Waals surface area contributed by atoms with E-state index in [1.165, 1.54) is 37.3 Å². The zero-order valence-corrected chi connectivity index (χ0v) is 14.7. The summed E-state index contributed by atoms with van der Waals surface area (Å²) in [5, 5.41) is 5.85. The fourth-order valence-electron chi connectivity index (χ4n) is 2.94. The second kappa shape index (κ2) is 9.08. The van der Waals surface area contributed by atoms with Crippen molar-refractivity contribution in [2.45, 2.75) is 38.6 Å². The van der Waals surface area contributed by atoms with Crippen LogP contribution in [0.3, 0.4) is 0 Å². The molecule has 1 aliphatic carbocycles. The number of amides is 1. The Morgan fingerprint density at radius 2 is 2.08 bits per heavy atom. The van der Waals surface area contributed by atoms with E-state index in [1.807, 2.05) is 0 Å². The number of halogens is 1. The fraction of sp³-hybridized carbons (Fsp3) is 0.350. The van der Waals surface area contributed by atoms with Gasteiger partial charge in [-0.15, -0.1) is 0 Å². The number of nitrogens with zero attached hydrogens (tertiary/aromatic N) is 2. The van der Waals surface area contributed by atoms with Crippen molar-refractivity contribution in [1.29, 1.82) is 0 Å². The van der Waals surface area contributed by atoms with E-state index in [0.29, 0.717) is 11.5 Å². The van der Waals surface area contributed by atoms with Crippen molar-refractivity contribution in [3.63, 3.8) is 0 Å². The molecule has 0 aliphatic heterocycles. The first-order valence-corrected chi connectivity index (χ1v) is 8.99. The molecule has 0 radical (unpaired) electrons. The van der Waals surface area contributed by atoms with Gasteiger partial charge in [0.25, 0.3) is 5.91 Å². The molecule has 0 saturated heterocycles. The third-order valence-electron chi connectivity index (χ3n) is 4.40. The molecule has 1 heterocycles. The molecule has 0 fully saturated rings. The number of hydrogen-bond donors (Lipinski definition) is 2. The van der Waals surface area contributed by atoms with Crippen molar-refractivity contribution in [2.24, 2.45) is 0 Å². The van der Waals surface area contributed by atoms with E-state index >= 15 is 0 Å². The molecule has 1 aromatic heterocycles. The molecule has 0 unspecified atom stereocenters. The van der Waals surface area contributed by atoms with Crippen LogP contribution < -0.4 is 10.6 Å². The number of nitrogens with one attached hydrogen (secondary N) is 2. The normalized spacial score (nSPS) is 13.8. The summed E-state index contributed by atoms with van der Waals surface area (Å²) in [7, 11) is 0. The minimum Gasteiger partial charge on any atom is -0.354 e. The summed E-state index contributed by atoms with van der Waals surface area (Å²) in [5.74, 6) is -0.261. The molecule has 3 rings (SSSR count). The molecule has 136 valence electrons. The lowest BCUT2D eigenvalue weighted by Crippen LogP contribution is -2.24. The van der Waals surface area contributed by atoms with Gasteiger partial charge in [0.15, 0.2) is 0 Å². The zero-order chi connectivity index (χ0) is 18.2. The number of anilines is 1. The van der Waals surface area contributed by atoms with Crippen molar-refractivity contribution in [3.8, 4) is 0 Å². The minimum atomic E-state index is -0.353. The number of benzene rings is 1. The highest BCUT2D eigenvalue weighted by Gasteiger charge is 2.10. The van der Waals surface area contributed by atoms with Gasteiger partial charge in [-0.3, -0.25) is 4.79 Å². The molecule has 5 nitrogen and oxygen atoms in total. The molecule has 0 spiro atoms. The minimum absolute atomic E-state index is 0.117. The van der Waals surface area contributed by atoms with Crippen LogP contribution in [0.4, 0.5) is 10.3 Å². The summed E-state index contributed by atoms with van der Waals surface area (Å²) in [6.07, 6.45) is 9.72. The summed E-state index contributed by atoms with van der Waals surface area (Å²) in [6, 6.07) is 7.91. The van der Waals surface area contributed by atoms with Gasteiger partial charge >= 0.3 is 0 Å². The Morgan fingerprint density at radius 3 is 2.88 bits per heavy atom. The highest BCUT2D eigenvalue weighted by molar-refractivity contribution is 5.92. The molecule has 0 saturated carbocycles. The van der Waals surface area contributed by atoms with E-state index < -0.39 is 0 Å². The largest absolute Gasteiger partial charge is 0.354 e. The highest BCUT2D eigenvalue weighted by atomic mass is 19.1. The Labute approximate surface area is 152 Å². The van der Waals surface area contributed by atoms with Crippen molar-refractivity contribution in [2.75, 3.05) is 11.9 Å². The van der Waals surface area contributed by atoms with Crippen molar-refractivity contribution >= 4 is 11.9 Å². The van der Waals surface area contributed by atoms with Crippen LogP contribution in [0.2, 0.25) is 0 Å². The van der Waals surface area contributed by atoms with Crippen LogP contribution in [0.1, 0.15) is 48.2 Å². The summed E-state index contributed by atoms with van der Waals surface area (Å²) in [6.45, 7) is 0.860. The van der Waals surface area contributed by atoms with Gasteiger partial charge in [-0.1, -0.05) is 29.8 Å². The first-order chi connectivity index (χ1) is 12.7. The number of rotatable bonds is 7. The van der Waals surface area contributed by atoms with Crippen molar-refractivity contribution < 1.29 is 9.18 Å². The number of hydrogen-bond acceptors (Lipinski definition) is 4. The molecular formula is C20H23FN4O. The maximum atomic E-state index is 13.6. The van der Waals surface area contributed by atoms with Gasteiger partial charge in [0.1, 0.15) is 11.5 Å². The van der Waals surface area contributed by atoms with Gasteiger partial charge in [0.05, 0.1) is 0 Å². The Kier molecular flexibility index (Phi) is 6.30. The summed E-state index contributed by atoms with van der Waals surface area (Å²) in [4.78, 5) is 20.6. The molecule has 1 aromatic carbocycles. The Morgan fingerprint density at radius 1 is 1.19 bits per heavy atom. The van der Waals surface area contributed by atoms with Crippen LogP contribution in [0.15, 0.2) is 48.2 Å². The Bertz CT molecular complexity index is 791. The third-order valence-corrected chi connectivity index (χ3v) is 4.40. The summed E-state index contributed by atoms with van der Waals surface area (Å²) < 4.78 is 13.6. The molecule has 1 aliphatic rings. The Hall–Kier alpha value is -2.76. The SMILES string of the molecule is O=C(NCc1ccccc1F)c1ccnc(NCCC2=CCCCC2)n1. The topological polar surface area (TPSA) is 66.9 Å². The maximum absolute atomic E-state index is 13.6. The monoisotopic (exact) mass is 354 g/mol. The van der Waals surface area contributed by atoms with Gasteiger partial charge < -0.3 is 10.6 Å². The number of aromatic nitrogens is 2. The average Bonchev–Trinajstić information content (AvgIpc) is 2.68. The van der Waals surface area contributed by atoms with E-state index in [1.54, 1.807) is 30.5 Å². The lowest BCUT2D eigenvalue weighted by atomic mass is 9.97. The zero-order valence-electron chi connectivity index (χ0n) is 14.7. The first-order valence-electron chi connectivity index (χ1n) is 8.99. The number of carbonyl (C=O) groups is 1. The second-order valence-electron chi connectivity index (χ2n) is 6.32. The number of allylic oxidation sites excluding steroid dienone is 1. The van der Waals surface area contributed by atoms with Crippen LogP contribution in [-0.4, -0.2) is 22.4 Å². The molecule has 0 atom stereocenters. The van der Waals surface area contributed by atoms with Crippen molar-refractivity contribution in [3.05, 3.63) is 65.3 Å². The van der Waals surface area contributed by atoms with E-state index in [-0.39, 0.29) is 24.0 Å². The quantitative estimate of drug-likeness (QED) is 0.741. The lowest BCUT2D eigenvalue weighted by molar-refractivity contribution is 0.0945. The lowest BCUT2D eigenvalue weighted by Gasteiger charge is -2.13. The average molecular weight is 354 g/mol. The molecular weight excluding hydrogens is 331 g/mol. The van der Waals surface area contributed by atoms with E-state index in [9.17, 15) is 9.18 Å². The predicted molar refractivity (Wildman–Crippen MR) is 99.3 cm³/mol. The van der Waals surface area contributed by atoms with E-state index in [4.69, 9.17) is 0 Å². The molecule has 26 heavy (non-hydrogen) atoms. The molecule has 6 heteroatoms. The van der Waals surface area contributed by atoms with Gasteiger partial charge in [0, 0.05) is 24.8 Å². The molecule has 0 bridgehead atoms. The molecule has 1 amide bonds. The van der Waals surface area contributed by atoms with Crippen LogP contribution in [0, 0.1) is 5.82 Å². The maximum Gasteiger partial charge on any atom is 0.270 e. The second-order valence-corrected chi connectivity index (χ2v) is 6.32. The molecule has 2 aromatic rings. The molecule has 2 N–H and O–H groups in total. The number of carbonyl (C=O) groups excluding carboxylic acids is 1. The smallest absolute Gasteiger partial charge is 0.270 e. The third kappa shape index (κ3) is 5.12. The van der Waals surface area contributed by atoms with Gasteiger partial charge in [-0.05, 0) is 44.2 Å². The predicted octanol–water partition coefficient (Wildman–Crippen LogP) is 3.85. The fourth-order valence-corrected chi connectivity index (χ4v) is 2.94. The van der Waals surface area contributed by atoms with Gasteiger partial charge in [0.2, 0.25) is 5.95 Å². The Balaban J connectivity index is 1.52. The van der Waals surface area contributed by atoms with Gasteiger partial charge in [-0.2, -0.15) is 0 Å². The van der Waals surface area contributed by atoms with Crippen LogP contribution >= 0.6 is 0 Å². The standard InChI is InChI=1S/C20H23FN4O/c21-17-9-5-4-8-16(17)14-24-19(26)18-11-13-23-20(25-18)22-12-10-15-6-2-1-3-7-15/h4-6,8-9,11,13H,1-3,7,10,12,14H2,(H,24,26)(H,22,23,25). The van der Waals surface area contributed by atoms with E-state index in [2.05, 4.69) is 26.7 Å².